The first kappa shape index (κ1) is 26.4. The summed E-state index contributed by atoms with van der Waals surface area (Å²) in [5.41, 5.74) is 5.26. The van der Waals surface area contributed by atoms with Crippen molar-refractivity contribution in [3.8, 4) is 0 Å². The predicted molar refractivity (Wildman–Crippen MR) is 152 cm³/mol. The monoisotopic (exact) mass is 485 g/mol. The lowest BCUT2D eigenvalue weighted by molar-refractivity contribution is -0.133. The van der Waals surface area contributed by atoms with E-state index in [2.05, 4.69) is 110 Å². The zero-order valence-electron chi connectivity index (χ0n) is 22.8. The van der Waals surface area contributed by atoms with Gasteiger partial charge < -0.3 is 9.80 Å². The molecule has 0 saturated carbocycles. The topological polar surface area (TPSA) is 26.8 Å². The molecule has 1 aliphatic rings. The summed E-state index contributed by atoms with van der Waals surface area (Å²) in [5, 5.41) is 2.43. The molecule has 4 nitrogen and oxygen atoms in total. The van der Waals surface area contributed by atoms with E-state index in [9.17, 15) is 4.79 Å². The predicted octanol–water partition coefficient (Wildman–Crippen LogP) is 5.48. The van der Waals surface area contributed by atoms with Crippen LogP contribution in [0.3, 0.4) is 0 Å². The first-order valence-electron chi connectivity index (χ1n) is 13.6. The molecule has 4 heteroatoms. The van der Waals surface area contributed by atoms with Crippen molar-refractivity contribution in [3.63, 3.8) is 0 Å². The summed E-state index contributed by atoms with van der Waals surface area (Å²) in [6.07, 6.45) is 3.80. The van der Waals surface area contributed by atoms with Gasteiger partial charge >= 0.3 is 0 Å². The Morgan fingerprint density at radius 3 is 2.50 bits per heavy atom. The molecule has 0 radical (unpaired) electrons. The molecule has 4 rings (SSSR count). The molecule has 0 unspecified atom stereocenters. The molecule has 2 atom stereocenters. The van der Waals surface area contributed by atoms with E-state index in [0.29, 0.717) is 18.5 Å². The Morgan fingerprint density at radius 2 is 1.78 bits per heavy atom. The summed E-state index contributed by atoms with van der Waals surface area (Å²) in [4.78, 5) is 20.4. The standard InChI is InChI=1S/C32H43N3O/c1-6-9-30-22-35(32(36)20-26-13-15-27-10-7-8-11-29(27)19-26)17-16-34(30)23-31(33(4)5)21-28-14-12-24(2)18-25(28)3/h7-8,10-15,18-19,30-31H,6,9,16-17,20-23H2,1-5H3/t30-,31+/m0/s1. The van der Waals surface area contributed by atoms with Gasteiger partial charge in [0.25, 0.3) is 0 Å². The number of rotatable bonds is 9. The summed E-state index contributed by atoms with van der Waals surface area (Å²) < 4.78 is 0. The minimum Gasteiger partial charge on any atom is -0.340 e. The van der Waals surface area contributed by atoms with Gasteiger partial charge in [0.05, 0.1) is 6.42 Å². The highest BCUT2D eigenvalue weighted by atomic mass is 16.2. The lowest BCUT2D eigenvalue weighted by atomic mass is 9.97. The van der Waals surface area contributed by atoms with Crippen LogP contribution in [-0.2, 0) is 17.6 Å². The van der Waals surface area contributed by atoms with Crippen molar-refractivity contribution in [3.05, 3.63) is 82.9 Å². The van der Waals surface area contributed by atoms with Gasteiger partial charge in [-0.3, -0.25) is 9.69 Å². The molecule has 36 heavy (non-hydrogen) atoms. The van der Waals surface area contributed by atoms with Gasteiger partial charge in [-0.1, -0.05) is 79.6 Å². The maximum Gasteiger partial charge on any atom is 0.227 e. The number of hydrogen-bond donors (Lipinski definition) is 0. The quantitative estimate of drug-likeness (QED) is 0.401. The molecule has 192 valence electrons. The SMILES string of the molecule is CCC[C@H]1CN(C(=O)Cc2ccc3ccccc3c2)CCN1C[C@@H](Cc1ccc(C)cc1C)N(C)C. The average Bonchev–Trinajstić information content (AvgIpc) is 2.86. The van der Waals surface area contributed by atoms with E-state index >= 15 is 0 Å². The van der Waals surface area contributed by atoms with Crippen LogP contribution in [0.2, 0.25) is 0 Å². The summed E-state index contributed by atoms with van der Waals surface area (Å²) in [6, 6.07) is 22.5. The molecule has 1 aliphatic heterocycles. The number of amides is 1. The van der Waals surface area contributed by atoms with Gasteiger partial charge in [0, 0.05) is 38.3 Å². The Balaban J connectivity index is 1.40. The van der Waals surface area contributed by atoms with Crippen LogP contribution in [0.25, 0.3) is 10.8 Å². The number of carbonyl (C=O) groups excluding carboxylic acids is 1. The van der Waals surface area contributed by atoms with Crippen LogP contribution in [0, 0.1) is 13.8 Å². The summed E-state index contributed by atoms with van der Waals surface area (Å²) in [5.74, 6) is 0.255. The number of piperazine rings is 1. The van der Waals surface area contributed by atoms with Gasteiger partial charge in [0.15, 0.2) is 0 Å². The normalized spacial score (nSPS) is 17.6. The number of likely N-dealkylation sites (N-methyl/N-ethyl adjacent to an activating group) is 1. The molecule has 0 N–H and O–H groups in total. The van der Waals surface area contributed by atoms with Crippen LogP contribution < -0.4 is 0 Å². The van der Waals surface area contributed by atoms with E-state index in [4.69, 9.17) is 0 Å². The fourth-order valence-corrected chi connectivity index (χ4v) is 5.61. The van der Waals surface area contributed by atoms with Crippen molar-refractivity contribution in [1.82, 2.24) is 14.7 Å². The number of hydrogen-bond acceptors (Lipinski definition) is 3. The maximum atomic E-state index is 13.3. The Kier molecular flexibility index (Phi) is 8.81. The van der Waals surface area contributed by atoms with E-state index in [-0.39, 0.29) is 5.91 Å². The second-order valence-corrected chi connectivity index (χ2v) is 10.9. The number of nitrogens with zero attached hydrogens (tertiary/aromatic N) is 3. The summed E-state index contributed by atoms with van der Waals surface area (Å²) in [6.45, 7) is 10.3. The van der Waals surface area contributed by atoms with Crippen LogP contribution in [0.5, 0.6) is 0 Å². The minimum absolute atomic E-state index is 0.255. The lowest BCUT2D eigenvalue weighted by Gasteiger charge is -2.44. The van der Waals surface area contributed by atoms with Crippen molar-refractivity contribution in [2.75, 3.05) is 40.3 Å². The third-order valence-corrected chi connectivity index (χ3v) is 7.88. The number of benzene rings is 3. The van der Waals surface area contributed by atoms with E-state index in [1.54, 1.807) is 0 Å². The third kappa shape index (κ3) is 6.54. The summed E-state index contributed by atoms with van der Waals surface area (Å²) >= 11 is 0. The zero-order chi connectivity index (χ0) is 25.7. The molecule has 1 saturated heterocycles. The molecule has 0 bridgehead atoms. The molecule has 1 fully saturated rings. The number of carbonyl (C=O) groups is 1. The Bertz CT molecular complexity index is 1170. The van der Waals surface area contributed by atoms with Gasteiger partial charge in [-0.05, 0) is 68.2 Å². The second kappa shape index (κ2) is 12.0. The molecular weight excluding hydrogens is 442 g/mol. The van der Waals surface area contributed by atoms with Gasteiger partial charge in [0.2, 0.25) is 5.91 Å². The van der Waals surface area contributed by atoms with Gasteiger partial charge in [0.1, 0.15) is 0 Å². The first-order valence-corrected chi connectivity index (χ1v) is 13.6. The Hall–Kier alpha value is -2.69. The van der Waals surface area contributed by atoms with Gasteiger partial charge in [-0.25, -0.2) is 0 Å². The van der Waals surface area contributed by atoms with Crippen LogP contribution in [0.4, 0.5) is 0 Å². The van der Waals surface area contributed by atoms with Gasteiger partial charge in [-0.15, -0.1) is 0 Å². The van der Waals surface area contributed by atoms with Crippen LogP contribution in [0.15, 0.2) is 60.7 Å². The largest absolute Gasteiger partial charge is 0.340 e. The smallest absolute Gasteiger partial charge is 0.227 e. The van der Waals surface area contributed by atoms with Crippen molar-refractivity contribution in [1.29, 1.82) is 0 Å². The molecule has 0 aromatic heterocycles. The zero-order valence-corrected chi connectivity index (χ0v) is 22.8. The first-order chi connectivity index (χ1) is 17.3. The Labute approximate surface area is 217 Å². The number of fused-ring (bicyclic) bond motifs is 1. The van der Waals surface area contributed by atoms with E-state index in [1.807, 2.05) is 0 Å². The molecular formula is C32H43N3O. The third-order valence-electron chi connectivity index (χ3n) is 7.88. The highest BCUT2D eigenvalue weighted by Gasteiger charge is 2.31. The average molecular weight is 486 g/mol. The van der Waals surface area contributed by atoms with E-state index in [0.717, 1.165) is 51.0 Å². The fraction of sp³-hybridized carbons (Fsp3) is 0.469. The number of aryl methyl sites for hydroxylation is 2. The molecule has 3 aromatic carbocycles. The lowest BCUT2D eigenvalue weighted by Crippen LogP contribution is -2.57. The highest BCUT2D eigenvalue weighted by Crippen LogP contribution is 2.21. The second-order valence-electron chi connectivity index (χ2n) is 10.9. The van der Waals surface area contributed by atoms with Crippen molar-refractivity contribution < 1.29 is 4.79 Å². The van der Waals surface area contributed by atoms with Crippen LogP contribution in [-0.4, -0.2) is 73.0 Å². The maximum absolute atomic E-state index is 13.3. The minimum atomic E-state index is 0.255. The molecule has 1 amide bonds. The Morgan fingerprint density at radius 1 is 1.00 bits per heavy atom. The molecule has 1 heterocycles. The van der Waals surface area contributed by atoms with Gasteiger partial charge in [-0.2, -0.15) is 0 Å². The van der Waals surface area contributed by atoms with Crippen molar-refractivity contribution in [2.45, 2.75) is 58.5 Å². The molecule has 0 spiro atoms. The van der Waals surface area contributed by atoms with E-state index < -0.39 is 0 Å². The fourth-order valence-electron chi connectivity index (χ4n) is 5.61. The highest BCUT2D eigenvalue weighted by molar-refractivity contribution is 5.85. The molecule has 3 aromatic rings. The van der Waals surface area contributed by atoms with Crippen molar-refractivity contribution in [2.24, 2.45) is 0 Å². The van der Waals surface area contributed by atoms with E-state index in [1.165, 1.54) is 27.5 Å². The summed E-state index contributed by atoms with van der Waals surface area (Å²) in [7, 11) is 4.40. The van der Waals surface area contributed by atoms with Crippen LogP contribution >= 0.6 is 0 Å². The molecule has 0 aliphatic carbocycles. The van der Waals surface area contributed by atoms with Crippen LogP contribution in [0.1, 0.15) is 42.0 Å². The van der Waals surface area contributed by atoms with Crippen molar-refractivity contribution >= 4 is 16.7 Å².